The van der Waals surface area contributed by atoms with Crippen molar-refractivity contribution in [3.63, 3.8) is 0 Å². The number of piperazine rings is 1. The third-order valence-electron chi connectivity index (χ3n) is 7.57. The van der Waals surface area contributed by atoms with Crippen molar-refractivity contribution in [1.29, 1.82) is 0 Å². The molecule has 0 unspecified atom stereocenters. The number of hydrogen-bond acceptors (Lipinski definition) is 5. The van der Waals surface area contributed by atoms with Crippen molar-refractivity contribution in [2.45, 2.75) is 38.1 Å². The van der Waals surface area contributed by atoms with Crippen LogP contribution >= 0.6 is 0 Å². The molecule has 1 saturated heterocycles. The van der Waals surface area contributed by atoms with Gasteiger partial charge in [0.05, 0.1) is 18.4 Å². The number of rotatable bonds is 7. The number of anilines is 4. The van der Waals surface area contributed by atoms with Crippen molar-refractivity contribution in [3.8, 4) is 5.75 Å². The molecule has 0 spiro atoms. The van der Waals surface area contributed by atoms with Gasteiger partial charge in [-0.2, -0.15) is 0 Å². The summed E-state index contributed by atoms with van der Waals surface area (Å²) in [7, 11) is 1.68. The number of hydrogen-bond donors (Lipinski definition) is 3. The molecule has 5 rings (SSSR count). The minimum absolute atomic E-state index is 0.136. The molecular formula is C31H36FN5O3. The highest BCUT2D eigenvalue weighted by atomic mass is 19.1. The van der Waals surface area contributed by atoms with Crippen molar-refractivity contribution in [1.82, 2.24) is 5.32 Å². The standard InChI is InChI=1S/C31H36FN5O3/c1-40-29-13-6-5-12-28(29)37-18-16-36(17-19-37)27-15-14-25(35-31(39)34-24-11-7-8-22(32)20-24)21-26(27)30(38)33-23-9-3-2-4-10-23/h5-8,11-15,20-21,23H,2-4,9-10,16-19H2,1H3,(H,33,38)(H2,34,35,39). The summed E-state index contributed by atoms with van der Waals surface area (Å²) in [6, 6.07) is 18.8. The molecule has 1 aliphatic heterocycles. The van der Waals surface area contributed by atoms with E-state index in [0.717, 1.165) is 69.0 Å². The molecule has 1 saturated carbocycles. The van der Waals surface area contributed by atoms with Crippen molar-refractivity contribution in [3.05, 3.63) is 78.1 Å². The van der Waals surface area contributed by atoms with Crippen molar-refractivity contribution >= 4 is 34.7 Å². The number of carbonyl (C=O) groups excluding carboxylic acids is 2. The van der Waals surface area contributed by atoms with E-state index in [4.69, 9.17) is 4.74 Å². The summed E-state index contributed by atoms with van der Waals surface area (Å²) in [5.41, 5.74) is 3.25. The Kier molecular flexibility index (Phi) is 8.68. The fraction of sp³-hybridized carbons (Fsp3) is 0.355. The van der Waals surface area contributed by atoms with E-state index in [-0.39, 0.29) is 11.9 Å². The zero-order valence-corrected chi connectivity index (χ0v) is 22.8. The van der Waals surface area contributed by atoms with E-state index < -0.39 is 11.8 Å². The zero-order chi connectivity index (χ0) is 27.9. The van der Waals surface area contributed by atoms with Gasteiger partial charge in [0.2, 0.25) is 0 Å². The first-order valence-electron chi connectivity index (χ1n) is 13.9. The first-order valence-corrected chi connectivity index (χ1v) is 13.9. The van der Waals surface area contributed by atoms with Crippen LogP contribution in [0.25, 0.3) is 0 Å². The molecule has 2 aliphatic rings. The highest BCUT2D eigenvalue weighted by molar-refractivity contribution is 6.04. The smallest absolute Gasteiger partial charge is 0.323 e. The maximum Gasteiger partial charge on any atom is 0.323 e. The van der Waals surface area contributed by atoms with Crippen LogP contribution in [0.2, 0.25) is 0 Å². The second-order valence-electron chi connectivity index (χ2n) is 10.3. The normalized spacial score (nSPS) is 15.8. The van der Waals surface area contributed by atoms with Gasteiger partial charge in [0.25, 0.3) is 5.91 Å². The van der Waals surface area contributed by atoms with Crippen LogP contribution in [0.5, 0.6) is 5.75 Å². The van der Waals surface area contributed by atoms with E-state index in [1.807, 2.05) is 24.3 Å². The molecule has 2 fully saturated rings. The lowest BCUT2D eigenvalue weighted by atomic mass is 9.95. The van der Waals surface area contributed by atoms with Gasteiger partial charge in [-0.1, -0.05) is 37.5 Å². The quantitative estimate of drug-likeness (QED) is 0.346. The molecule has 8 nitrogen and oxygen atoms in total. The second-order valence-corrected chi connectivity index (χ2v) is 10.3. The molecule has 3 aromatic rings. The fourth-order valence-electron chi connectivity index (χ4n) is 5.52. The Morgan fingerprint density at radius 1 is 0.800 bits per heavy atom. The third-order valence-corrected chi connectivity index (χ3v) is 7.57. The van der Waals surface area contributed by atoms with Gasteiger partial charge in [0.15, 0.2) is 0 Å². The van der Waals surface area contributed by atoms with Gasteiger partial charge in [0, 0.05) is 49.3 Å². The Morgan fingerprint density at radius 3 is 2.17 bits per heavy atom. The third kappa shape index (κ3) is 6.65. The lowest BCUT2D eigenvalue weighted by Crippen LogP contribution is -2.47. The average Bonchev–Trinajstić information content (AvgIpc) is 2.97. The van der Waals surface area contributed by atoms with Crippen LogP contribution in [-0.4, -0.2) is 51.3 Å². The summed E-state index contributed by atoms with van der Waals surface area (Å²) in [5, 5.41) is 8.65. The number of carbonyl (C=O) groups is 2. The average molecular weight is 546 g/mol. The van der Waals surface area contributed by atoms with E-state index in [1.165, 1.54) is 24.6 Å². The Bertz CT molecular complexity index is 1340. The zero-order valence-electron chi connectivity index (χ0n) is 22.8. The molecule has 0 bridgehead atoms. The van der Waals surface area contributed by atoms with E-state index in [2.05, 4.69) is 31.8 Å². The van der Waals surface area contributed by atoms with Crippen LogP contribution in [0.1, 0.15) is 42.5 Å². The van der Waals surface area contributed by atoms with E-state index in [0.29, 0.717) is 16.9 Å². The van der Waals surface area contributed by atoms with Crippen LogP contribution in [-0.2, 0) is 0 Å². The van der Waals surface area contributed by atoms with Crippen LogP contribution in [0, 0.1) is 5.82 Å². The lowest BCUT2D eigenvalue weighted by molar-refractivity contribution is 0.0928. The number of nitrogens with zero attached hydrogens (tertiary/aromatic N) is 2. The highest BCUT2D eigenvalue weighted by Gasteiger charge is 2.25. The maximum absolute atomic E-state index is 13.6. The van der Waals surface area contributed by atoms with Crippen molar-refractivity contribution in [2.24, 2.45) is 0 Å². The summed E-state index contributed by atoms with van der Waals surface area (Å²) in [5.74, 6) is 0.272. The van der Waals surface area contributed by atoms with Gasteiger partial charge in [-0.25, -0.2) is 9.18 Å². The first-order chi connectivity index (χ1) is 19.5. The fourth-order valence-corrected chi connectivity index (χ4v) is 5.52. The molecule has 210 valence electrons. The summed E-state index contributed by atoms with van der Waals surface area (Å²) < 4.78 is 19.1. The number of ether oxygens (including phenoxy) is 1. The molecule has 3 amide bonds. The van der Waals surface area contributed by atoms with Crippen LogP contribution in [0.15, 0.2) is 66.7 Å². The molecule has 0 aromatic heterocycles. The lowest BCUT2D eigenvalue weighted by Gasteiger charge is -2.38. The monoisotopic (exact) mass is 545 g/mol. The van der Waals surface area contributed by atoms with Crippen LogP contribution in [0.3, 0.4) is 0 Å². The van der Waals surface area contributed by atoms with Gasteiger partial charge >= 0.3 is 6.03 Å². The number of methoxy groups -OCH3 is 1. The predicted octanol–water partition coefficient (Wildman–Crippen LogP) is 5.87. The second kappa shape index (κ2) is 12.7. The predicted molar refractivity (Wildman–Crippen MR) is 157 cm³/mol. The van der Waals surface area contributed by atoms with Gasteiger partial charge in [0.1, 0.15) is 11.6 Å². The van der Waals surface area contributed by atoms with Gasteiger partial charge in [-0.05, 0) is 61.4 Å². The van der Waals surface area contributed by atoms with Gasteiger partial charge in [-0.15, -0.1) is 0 Å². The van der Waals surface area contributed by atoms with Crippen molar-refractivity contribution in [2.75, 3.05) is 53.7 Å². The number of nitrogens with one attached hydrogen (secondary N) is 3. The summed E-state index contributed by atoms with van der Waals surface area (Å²) in [4.78, 5) is 30.7. The minimum Gasteiger partial charge on any atom is -0.495 e. The van der Waals surface area contributed by atoms with Crippen LogP contribution in [0.4, 0.5) is 31.9 Å². The molecule has 0 radical (unpaired) electrons. The Balaban J connectivity index is 1.33. The molecule has 1 aliphatic carbocycles. The Labute approximate surface area is 234 Å². The maximum atomic E-state index is 13.6. The van der Waals surface area contributed by atoms with E-state index >= 15 is 0 Å². The molecule has 9 heteroatoms. The number of para-hydroxylation sites is 2. The molecule has 40 heavy (non-hydrogen) atoms. The van der Waals surface area contributed by atoms with Crippen molar-refractivity contribution < 1.29 is 18.7 Å². The number of urea groups is 1. The summed E-state index contributed by atoms with van der Waals surface area (Å²) in [6.45, 7) is 3.02. The minimum atomic E-state index is -0.512. The Hall–Kier alpha value is -4.27. The molecule has 3 aromatic carbocycles. The molecule has 0 atom stereocenters. The SMILES string of the molecule is COc1ccccc1N1CCN(c2ccc(NC(=O)Nc3cccc(F)c3)cc2C(=O)NC2CCCCC2)CC1. The molecule has 1 heterocycles. The summed E-state index contributed by atoms with van der Waals surface area (Å²) in [6.07, 6.45) is 5.39. The molecule has 3 N–H and O–H groups in total. The Morgan fingerprint density at radius 2 is 1.48 bits per heavy atom. The van der Waals surface area contributed by atoms with Gasteiger partial charge < -0.3 is 30.5 Å². The largest absolute Gasteiger partial charge is 0.495 e. The molecular weight excluding hydrogens is 509 g/mol. The topological polar surface area (TPSA) is 85.9 Å². The highest BCUT2D eigenvalue weighted by Crippen LogP contribution is 2.31. The first kappa shape index (κ1) is 27.3. The van der Waals surface area contributed by atoms with E-state index in [1.54, 1.807) is 25.3 Å². The van der Waals surface area contributed by atoms with Gasteiger partial charge in [-0.3, -0.25) is 4.79 Å². The van der Waals surface area contributed by atoms with Crippen LogP contribution < -0.4 is 30.5 Å². The van der Waals surface area contributed by atoms with E-state index in [9.17, 15) is 14.0 Å². The number of amides is 3. The number of benzene rings is 3. The summed E-state index contributed by atoms with van der Waals surface area (Å²) >= 11 is 0. The number of halogens is 1.